The highest BCUT2D eigenvalue weighted by molar-refractivity contribution is 5.14. The Labute approximate surface area is 200 Å². The van der Waals surface area contributed by atoms with Crippen LogP contribution in [0.25, 0.3) is 0 Å². The maximum absolute atomic E-state index is 11.8. The van der Waals surface area contributed by atoms with E-state index in [1.54, 1.807) is 0 Å². The van der Waals surface area contributed by atoms with E-state index in [0.29, 0.717) is 35.5 Å². The van der Waals surface area contributed by atoms with Crippen molar-refractivity contribution in [3.8, 4) is 0 Å². The average molecular weight is 449 g/mol. The van der Waals surface area contributed by atoms with Crippen LogP contribution in [0.15, 0.2) is 0 Å². The number of fused-ring (bicyclic) bond motifs is 1. The fourth-order valence-corrected chi connectivity index (χ4v) is 9.67. The Hall–Kier alpha value is -0.0800. The van der Waals surface area contributed by atoms with Gasteiger partial charge in [0.25, 0.3) is 0 Å². The summed E-state index contributed by atoms with van der Waals surface area (Å²) < 4.78 is 0. The van der Waals surface area contributed by atoms with Crippen molar-refractivity contribution in [2.45, 2.75) is 132 Å². The number of aliphatic hydroxyl groups is 2. The second-order valence-corrected chi connectivity index (χ2v) is 14.0. The molecule has 10 unspecified atom stereocenters. The van der Waals surface area contributed by atoms with Crippen LogP contribution in [0.4, 0.5) is 0 Å². The maximum atomic E-state index is 11.8. The minimum absolute atomic E-state index is 0.157. The lowest BCUT2D eigenvalue weighted by molar-refractivity contribution is -0.193. The summed E-state index contributed by atoms with van der Waals surface area (Å²) in [6, 6.07) is 0. The van der Waals surface area contributed by atoms with E-state index in [9.17, 15) is 10.2 Å². The summed E-state index contributed by atoms with van der Waals surface area (Å²) in [4.78, 5) is 0. The Kier molecular flexibility index (Phi) is 7.89. The predicted octanol–water partition coefficient (Wildman–Crippen LogP) is 7.71. The summed E-state index contributed by atoms with van der Waals surface area (Å²) in [5.74, 6) is 4.03. The van der Waals surface area contributed by atoms with Gasteiger partial charge in [0.05, 0.1) is 12.2 Å². The van der Waals surface area contributed by atoms with Crippen LogP contribution in [0.3, 0.4) is 0 Å². The molecule has 0 amide bonds. The standard InChI is InChI=1S/C30H56O2/c1-10-23-21(5)24(31)15-16-29(23,8)26-18-25(32)27-22(20(4)13-11-12-19(2)3)14-17-30(27,9)28(26,6)7/h19-27,31-32H,10-18H2,1-9H3. The molecule has 0 aromatic carbocycles. The first kappa shape index (κ1) is 26.5. The van der Waals surface area contributed by atoms with E-state index in [4.69, 9.17) is 0 Å². The Balaban J connectivity index is 1.86. The summed E-state index contributed by atoms with van der Waals surface area (Å²) in [6.07, 6.45) is 10.3. The monoisotopic (exact) mass is 448 g/mol. The summed E-state index contributed by atoms with van der Waals surface area (Å²) >= 11 is 0. The van der Waals surface area contributed by atoms with E-state index >= 15 is 0 Å². The zero-order chi connectivity index (χ0) is 24.1. The quantitative estimate of drug-likeness (QED) is 0.418. The molecule has 0 bridgehead atoms. The Morgan fingerprint density at radius 2 is 1.56 bits per heavy atom. The molecule has 0 radical (unpaired) electrons. The highest BCUT2D eigenvalue weighted by Gasteiger charge is 2.66. The van der Waals surface area contributed by atoms with Crippen molar-refractivity contribution in [1.82, 2.24) is 0 Å². The molecule has 188 valence electrons. The van der Waals surface area contributed by atoms with Crippen LogP contribution in [-0.4, -0.2) is 22.4 Å². The van der Waals surface area contributed by atoms with Crippen LogP contribution in [-0.2, 0) is 0 Å². The van der Waals surface area contributed by atoms with Gasteiger partial charge in [0.1, 0.15) is 0 Å². The van der Waals surface area contributed by atoms with Crippen LogP contribution in [0.2, 0.25) is 0 Å². The van der Waals surface area contributed by atoms with Crippen molar-refractivity contribution >= 4 is 0 Å². The number of hydrogen-bond donors (Lipinski definition) is 2. The zero-order valence-electron chi connectivity index (χ0n) is 23.0. The lowest BCUT2D eigenvalue weighted by Gasteiger charge is -2.64. The second-order valence-electron chi connectivity index (χ2n) is 14.0. The SMILES string of the molecule is CCC1C(C)C(O)CCC1(C)C1CC(O)C2C(C(C)CCCC(C)C)CCC2(C)C1(C)C. The summed E-state index contributed by atoms with van der Waals surface area (Å²) in [6.45, 7) is 21.9. The van der Waals surface area contributed by atoms with Gasteiger partial charge in [-0.15, -0.1) is 0 Å². The summed E-state index contributed by atoms with van der Waals surface area (Å²) in [5.41, 5.74) is 0.604. The van der Waals surface area contributed by atoms with E-state index in [1.807, 2.05) is 0 Å². The van der Waals surface area contributed by atoms with Gasteiger partial charge in [-0.25, -0.2) is 0 Å². The topological polar surface area (TPSA) is 40.5 Å². The minimum Gasteiger partial charge on any atom is -0.393 e. The van der Waals surface area contributed by atoms with Crippen molar-refractivity contribution in [2.75, 3.05) is 0 Å². The van der Waals surface area contributed by atoms with Crippen molar-refractivity contribution < 1.29 is 10.2 Å². The summed E-state index contributed by atoms with van der Waals surface area (Å²) in [5, 5.41) is 22.4. The van der Waals surface area contributed by atoms with Crippen LogP contribution in [0.1, 0.15) is 120 Å². The fourth-order valence-electron chi connectivity index (χ4n) is 9.67. The van der Waals surface area contributed by atoms with Gasteiger partial charge in [-0.1, -0.05) is 88.0 Å². The molecule has 2 N–H and O–H groups in total. The average Bonchev–Trinajstić information content (AvgIpc) is 3.08. The molecule has 0 heterocycles. The predicted molar refractivity (Wildman–Crippen MR) is 136 cm³/mol. The third-order valence-electron chi connectivity index (χ3n) is 11.9. The highest BCUT2D eigenvalue weighted by atomic mass is 16.3. The number of rotatable bonds is 7. The van der Waals surface area contributed by atoms with Gasteiger partial charge in [0.2, 0.25) is 0 Å². The molecule has 0 aromatic rings. The molecule has 0 aromatic heterocycles. The molecule has 2 nitrogen and oxygen atoms in total. The van der Waals surface area contributed by atoms with Crippen molar-refractivity contribution in [2.24, 2.45) is 57.7 Å². The molecule has 3 aliphatic carbocycles. The van der Waals surface area contributed by atoms with Crippen LogP contribution < -0.4 is 0 Å². The first-order valence-corrected chi connectivity index (χ1v) is 14.2. The molecule has 3 fully saturated rings. The third-order valence-corrected chi connectivity index (χ3v) is 11.9. The number of aliphatic hydroxyl groups excluding tert-OH is 2. The van der Waals surface area contributed by atoms with Crippen LogP contribution in [0, 0.1) is 57.7 Å². The van der Waals surface area contributed by atoms with Gasteiger partial charge >= 0.3 is 0 Å². The molecular formula is C30H56O2. The first-order chi connectivity index (χ1) is 14.8. The van der Waals surface area contributed by atoms with Gasteiger partial charge in [-0.2, -0.15) is 0 Å². The largest absolute Gasteiger partial charge is 0.393 e. The van der Waals surface area contributed by atoms with E-state index in [-0.39, 0.29) is 28.5 Å². The van der Waals surface area contributed by atoms with Gasteiger partial charge in [-0.05, 0) is 89.8 Å². The zero-order valence-corrected chi connectivity index (χ0v) is 23.0. The van der Waals surface area contributed by atoms with E-state index < -0.39 is 0 Å². The van der Waals surface area contributed by atoms with E-state index in [1.165, 1.54) is 32.1 Å². The maximum Gasteiger partial charge on any atom is 0.0579 e. The Bertz CT molecular complexity index is 626. The van der Waals surface area contributed by atoms with E-state index in [2.05, 4.69) is 62.3 Å². The van der Waals surface area contributed by atoms with Crippen LogP contribution >= 0.6 is 0 Å². The Morgan fingerprint density at radius 3 is 2.16 bits per heavy atom. The molecule has 3 rings (SSSR count). The second kappa shape index (κ2) is 9.52. The normalized spacial score (nSPS) is 47.4. The fraction of sp³-hybridized carbons (Fsp3) is 1.00. The van der Waals surface area contributed by atoms with Gasteiger partial charge in [0, 0.05) is 0 Å². The third kappa shape index (κ3) is 4.23. The molecular weight excluding hydrogens is 392 g/mol. The van der Waals surface area contributed by atoms with Crippen molar-refractivity contribution in [3.05, 3.63) is 0 Å². The molecule has 3 saturated carbocycles. The minimum atomic E-state index is -0.172. The first-order valence-electron chi connectivity index (χ1n) is 14.2. The van der Waals surface area contributed by atoms with Gasteiger partial charge < -0.3 is 10.2 Å². The van der Waals surface area contributed by atoms with Crippen molar-refractivity contribution in [1.29, 1.82) is 0 Å². The lowest BCUT2D eigenvalue weighted by atomic mass is 9.41. The molecule has 32 heavy (non-hydrogen) atoms. The summed E-state index contributed by atoms with van der Waals surface area (Å²) in [7, 11) is 0. The molecule has 2 heteroatoms. The van der Waals surface area contributed by atoms with Crippen LogP contribution in [0.5, 0.6) is 0 Å². The molecule has 0 aliphatic heterocycles. The number of hydrogen-bond acceptors (Lipinski definition) is 2. The van der Waals surface area contributed by atoms with Crippen molar-refractivity contribution in [3.63, 3.8) is 0 Å². The lowest BCUT2D eigenvalue weighted by Crippen LogP contribution is -2.61. The molecule has 0 spiro atoms. The Morgan fingerprint density at radius 1 is 0.906 bits per heavy atom. The molecule has 0 saturated heterocycles. The van der Waals surface area contributed by atoms with Gasteiger partial charge in [-0.3, -0.25) is 0 Å². The van der Waals surface area contributed by atoms with E-state index in [0.717, 1.165) is 31.6 Å². The molecule has 10 atom stereocenters. The van der Waals surface area contributed by atoms with Gasteiger partial charge in [0.15, 0.2) is 0 Å². The molecule has 3 aliphatic rings. The smallest absolute Gasteiger partial charge is 0.0579 e. The highest BCUT2D eigenvalue weighted by Crippen LogP contribution is 2.70.